The van der Waals surface area contributed by atoms with Crippen molar-refractivity contribution in [3.8, 4) is 17.2 Å². The molecular weight excluding hydrogens is 416 g/mol. The Morgan fingerprint density at radius 3 is 2.15 bits per heavy atom. The molecule has 0 spiro atoms. The molecule has 6 heteroatoms. The topological polar surface area (TPSA) is 74.0 Å². The zero-order valence-corrected chi connectivity index (χ0v) is 19.3. The number of hydrogen-bond acceptors (Lipinski definition) is 5. The van der Waals surface area contributed by atoms with Crippen LogP contribution in [0.1, 0.15) is 17.0 Å². The quantitative estimate of drug-likeness (QED) is 0.495. The first-order valence-corrected chi connectivity index (χ1v) is 10.6. The van der Waals surface area contributed by atoms with E-state index in [-0.39, 0.29) is 5.91 Å². The summed E-state index contributed by atoms with van der Waals surface area (Å²) in [6.45, 7) is 4.34. The summed E-state index contributed by atoms with van der Waals surface area (Å²) in [4.78, 5) is 15.5. The minimum absolute atomic E-state index is 0.139. The molecule has 2 N–H and O–H groups in total. The molecule has 1 unspecified atom stereocenters. The van der Waals surface area contributed by atoms with Crippen LogP contribution in [0.4, 0.5) is 5.69 Å². The van der Waals surface area contributed by atoms with E-state index in [0.29, 0.717) is 35.9 Å². The Labute approximate surface area is 195 Å². The molecule has 0 heterocycles. The fourth-order valence-electron chi connectivity index (χ4n) is 3.72. The molecule has 0 saturated heterocycles. The van der Waals surface area contributed by atoms with Crippen LogP contribution >= 0.6 is 0 Å². The summed E-state index contributed by atoms with van der Waals surface area (Å²) in [5.41, 5.74) is 8.99. The highest BCUT2D eigenvalue weighted by atomic mass is 16.5. The number of methoxy groups -OCH3 is 3. The third-order valence-corrected chi connectivity index (χ3v) is 5.47. The molecule has 3 rings (SSSR count). The molecule has 6 nitrogen and oxygen atoms in total. The molecule has 0 radical (unpaired) electrons. The number of anilines is 1. The summed E-state index contributed by atoms with van der Waals surface area (Å²) in [5, 5.41) is 0. The Balaban J connectivity index is 1.93. The van der Waals surface area contributed by atoms with Gasteiger partial charge >= 0.3 is 0 Å². The molecule has 0 aliphatic heterocycles. The fraction of sp³-hybridized carbons (Fsp3) is 0.222. The summed E-state index contributed by atoms with van der Waals surface area (Å²) in [7, 11) is 4.82. The molecule has 172 valence electrons. The second kappa shape index (κ2) is 11.1. The number of carbonyl (C=O) groups excluding carboxylic acids is 1. The fourth-order valence-corrected chi connectivity index (χ4v) is 3.72. The smallest absolute Gasteiger partial charge is 0.240 e. The molecule has 3 aromatic carbocycles. The predicted molar refractivity (Wildman–Crippen MR) is 131 cm³/mol. The lowest BCUT2D eigenvalue weighted by Gasteiger charge is -2.28. The molecule has 3 aromatic rings. The van der Waals surface area contributed by atoms with Crippen LogP contribution in [0.15, 0.2) is 85.1 Å². The van der Waals surface area contributed by atoms with Gasteiger partial charge in [0.2, 0.25) is 5.91 Å². The highest BCUT2D eigenvalue weighted by Crippen LogP contribution is 2.30. The molecule has 33 heavy (non-hydrogen) atoms. The molecule has 0 aliphatic rings. The SMILES string of the molecule is C=C(N)C(C(=O)N(CCc1ccc(OC)c(OC)c1)c1ccc(OC)cc1)c1ccccc1. The van der Waals surface area contributed by atoms with Gasteiger partial charge in [-0.2, -0.15) is 0 Å². The summed E-state index contributed by atoms with van der Waals surface area (Å²) in [6.07, 6.45) is 0.608. The van der Waals surface area contributed by atoms with Gasteiger partial charge in [0.05, 0.1) is 21.3 Å². The van der Waals surface area contributed by atoms with Crippen molar-refractivity contribution in [2.45, 2.75) is 12.3 Å². The van der Waals surface area contributed by atoms with Crippen LogP contribution < -0.4 is 24.8 Å². The van der Waals surface area contributed by atoms with Gasteiger partial charge in [-0.1, -0.05) is 43.0 Å². The average Bonchev–Trinajstić information content (AvgIpc) is 2.85. The third-order valence-electron chi connectivity index (χ3n) is 5.47. The van der Waals surface area contributed by atoms with Crippen LogP contribution in [0, 0.1) is 0 Å². The summed E-state index contributed by atoms with van der Waals surface area (Å²) in [5.74, 6) is 1.23. The van der Waals surface area contributed by atoms with Gasteiger partial charge in [0.1, 0.15) is 11.7 Å². The molecule has 0 bridgehead atoms. The largest absolute Gasteiger partial charge is 0.497 e. The molecule has 1 atom stereocenters. The van der Waals surface area contributed by atoms with E-state index in [9.17, 15) is 4.79 Å². The van der Waals surface area contributed by atoms with Crippen LogP contribution in [0.3, 0.4) is 0 Å². The first-order chi connectivity index (χ1) is 16.0. The van der Waals surface area contributed by atoms with E-state index in [0.717, 1.165) is 16.8 Å². The predicted octanol–water partition coefficient (Wildman–Crippen LogP) is 4.54. The van der Waals surface area contributed by atoms with Gasteiger partial charge in [-0.05, 0) is 53.9 Å². The van der Waals surface area contributed by atoms with E-state index in [1.54, 1.807) is 26.2 Å². The van der Waals surface area contributed by atoms with Crippen LogP contribution in [0.25, 0.3) is 0 Å². The van der Waals surface area contributed by atoms with E-state index in [1.165, 1.54) is 0 Å². The molecule has 0 saturated carbocycles. The lowest BCUT2D eigenvalue weighted by Crippen LogP contribution is -2.38. The van der Waals surface area contributed by atoms with Gasteiger partial charge < -0.3 is 24.8 Å². The van der Waals surface area contributed by atoms with Crippen molar-refractivity contribution in [2.24, 2.45) is 5.73 Å². The van der Waals surface area contributed by atoms with Crippen molar-refractivity contribution >= 4 is 11.6 Å². The molecule has 0 aromatic heterocycles. The number of ether oxygens (including phenoxy) is 3. The van der Waals surface area contributed by atoms with E-state index in [4.69, 9.17) is 19.9 Å². The van der Waals surface area contributed by atoms with Crippen LogP contribution in [-0.4, -0.2) is 33.8 Å². The summed E-state index contributed by atoms with van der Waals surface area (Å²) >= 11 is 0. The van der Waals surface area contributed by atoms with E-state index < -0.39 is 5.92 Å². The van der Waals surface area contributed by atoms with Crippen molar-refractivity contribution in [1.82, 2.24) is 0 Å². The van der Waals surface area contributed by atoms with Gasteiger partial charge in [0.15, 0.2) is 11.5 Å². The number of benzene rings is 3. The van der Waals surface area contributed by atoms with Gasteiger partial charge in [-0.3, -0.25) is 4.79 Å². The zero-order valence-electron chi connectivity index (χ0n) is 19.3. The zero-order chi connectivity index (χ0) is 23.8. The molecule has 0 fully saturated rings. The van der Waals surface area contributed by atoms with Gasteiger partial charge in [-0.25, -0.2) is 0 Å². The Kier molecular flexibility index (Phi) is 7.97. The minimum atomic E-state index is -0.654. The Hall–Kier alpha value is -3.93. The molecule has 1 amide bonds. The monoisotopic (exact) mass is 446 g/mol. The number of carbonyl (C=O) groups is 1. The van der Waals surface area contributed by atoms with Crippen LogP contribution in [0.5, 0.6) is 17.2 Å². The third kappa shape index (κ3) is 5.66. The number of hydrogen-bond donors (Lipinski definition) is 1. The Morgan fingerprint density at radius 1 is 0.909 bits per heavy atom. The van der Waals surface area contributed by atoms with Crippen molar-refractivity contribution in [1.29, 1.82) is 0 Å². The maximum atomic E-state index is 13.8. The number of nitrogens with two attached hydrogens (primary N) is 1. The normalized spacial score (nSPS) is 11.4. The number of amides is 1. The van der Waals surface area contributed by atoms with E-state index in [1.807, 2.05) is 72.8 Å². The lowest BCUT2D eigenvalue weighted by molar-refractivity contribution is -0.119. The maximum Gasteiger partial charge on any atom is 0.240 e. The van der Waals surface area contributed by atoms with Crippen molar-refractivity contribution in [2.75, 3.05) is 32.8 Å². The summed E-state index contributed by atoms with van der Waals surface area (Å²) < 4.78 is 16.0. The number of rotatable bonds is 10. The molecule has 0 aliphatic carbocycles. The van der Waals surface area contributed by atoms with Crippen LogP contribution in [-0.2, 0) is 11.2 Å². The first kappa shape index (κ1) is 23.7. The highest BCUT2D eigenvalue weighted by Gasteiger charge is 2.28. The maximum absolute atomic E-state index is 13.8. The van der Waals surface area contributed by atoms with Gasteiger partial charge in [0, 0.05) is 17.9 Å². The first-order valence-electron chi connectivity index (χ1n) is 10.6. The lowest BCUT2D eigenvalue weighted by atomic mass is 9.94. The van der Waals surface area contributed by atoms with Crippen molar-refractivity contribution < 1.29 is 19.0 Å². The van der Waals surface area contributed by atoms with Crippen LogP contribution in [0.2, 0.25) is 0 Å². The summed E-state index contributed by atoms with van der Waals surface area (Å²) in [6, 6.07) is 22.6. The second-order valence-corrected chi connectivity index (χ2v) is 7.55. The Morgan fingerprint density at radius 2 is 1.58 bits per heavy atom. The van der Waals surface area contributed by atoms with Crippen molar-refractivity contribution in [3.63, 3.8) is 0 Å². The Bertz CT molecular complexity index is 1080. The van der Waals surface area contributed by atoms with E-state index >= 15 is 0 Å². The van der Waals surface area contributed by atoms with Crippen molar-refractivity contribution in [3.05, 3.63) is 96.2 Å². The average molecular weight is 447 g/mol. The standard InChI is InChI=1S/C27H30N2O4/c1-19(28)26(21-8-6-5-7-9-21)27(30)29(22-11-13-23(31-2)14-12-22)17-16-20-10-15-24(32-3)25(18-20)33-4/h5-15,18,26H,1,16-17,28H2,2-4H3. The molecular formula is C27H30N2O4. The minimum Gasteiger partial charge on any atom is -0.497 e. The number of nitrogens with zero attached hydrogens (tertiary/aromatic N) is 1. The highest BCUT2D eigenvalue weighted by molar-refractivity contribution is 6.00. The van der Waals surface area contributed by atoms with Gasteiger partial charge in [0.25, 0.3) is 0 Å². The van der Waals surface area contributed by atoms with Gasteiger partial charge in [-0.15, -0.1) is 0 Å². The second-order valence-electron chi connectivity index (χ2n) is 7.55. The van der Waals surface area contributed by atoms with E-state index in [2.05, 4.69) is 6.58 Å².